The molecule has 1 heterocycles. The first-order valence-electron chi connectivity index (χ1n) is 13.8. The maximum Gasteiger partial charge on any atom is 0.414 e. The van der Waals surface area contributed by atoms with Crippen LogP contribution in [0.15, 0.2) is 65.7 Å². The van der Waals surface area contributed by atoms with Crippen LogP contribution in [0.5, 0.6) is 0 Å². The summed E-state index contributed by atoms with van der Waals surface area (Å²) in [7, 11) is 0. The van der Waals surface area contributed by atoms with Crippen LogP contribution >= 0.6 is 0 Å². The van der Waals surface area contributed by atoms with Gasteiger partial charge in [0.15, 0.2) is 0 Å². The zero-order valence-electron chi connectivity index (χ0n) is 23.9. The minimum atomic E-state index is -1.08. The summed E-state index contributed by atoms with van der Waals surface area (Å²) in [6.07, 6.45) is -0.0506. The molecule has 1 aliphatic rings. The van der Waals surface area contributed by atoms with E-state index in [4.69, 9.17) is 4.74 Å². The number of nitrogens with zero attached hydrogens (tertiary/aromatic N) is 3. The molecule has 0 bridgehead atoms. The molecule has 11 nitrogen and oxygen atoms in total. The van der Waals surface area contributed by atoms with Gasteiger partial charge in [-0.1, -0.05) is 74.5 Å². The third-order valence-corrected chi connectivity index (χ3v) is 6.46. The van der Waals surface area contributed by atoms with Gasteiger partial charge in [-0.3, -0.25) is 20.3 Å². The van der Waals surface area contributed by atoms with E-state index in [1.54, 1.807) is 6.92 Å². The van der Waals surface area contributed by atoms with Crippen molar-refractivity contribution >= 4 is 24.0 Å². The minimum absolute atomic E-state index is 0.0151. The highest BCUT2D eigenvalue weighted by molar-refractivity contribution is 6.03. The van der Waals surface area contributed by atoms with Crippen LogP contribution in [0.25, 0.3) is 0 Å². The summed E-state index contributed by atoms with van der Waals surface area (Å²) in [6, 6.07) is 19.8. The molecule has 0 saturated carbocycles. The average molecular weight is 562 g/mol. The van der Waals surface area contributed by atoms with Crippen molar-refractivity contribution in [1.82, 2.24) is 26.2 Å². The molecule has 0 aliphatic carbocycles. The van der Waals surface area contributed by atoms with Crippen LogP contribution in [0.1, 0.15) is 44.7 Å². The van der Waals surface area contributed by atoms with E-state index in [2.05, 4.69) is 37.2 Å². The van der Waals surface area contributed by atoms with Crippen molar-refractivity contribution in [1.29, 1.82) is 5.26 Å². The standard InChI is InChI=1S/C30H39N7O4/c1-4-32-28(39)34-27(35-29(40)41-19-24-13-9-6-10-14-24)33-25(17-22(2)3)26(38)36-30(20-31)15-16-37(21-30)18-23-11-7-5-8-12-23/h5-14,22,25H,4,15-19,21H2,1-3H3,(H,36,38)(H3,32,33,34,35,39,40). The minimum Gasteiger partial charge on any atom is -0.444 e. The predicted octanol–water partition coefficient (Wildman–Crippen LogP) is 3.29. The quantitative estimate of drug-likeness (QED) is 0.258. The van der Waals surface area contributed by atoms with Crippen molar-refractivity contribution in [3.8, 4) is 6.07 Å². The molecule has 41 heavy (non-hydrogen) atoms. The topological polar surface area (TPSA) is 148 Å². The first-order valence-corrected chi connectivity index (χ1v) is 13.8. The lowest BCUT2D eigenvalue weighted by Crippen LogP contribution is -2.53. The molecule has 2 aromatic rings. The smallest absolute Gasteiger partial charge is 0.414 e. The number of benzene rings is 2. The maximum absolute atomic E-state index is 13.5. The SMILES string of the molecule is CCNC(=O)NC(=NC(CC(C)C)C(=O)NC1(C#N)CCN(Cc2ccccc2)C1)NC(=O)OCc1ccccc1. The summed E-state index contributed by atoms with van der Waals surface area (Å²) in [5.41, 5.74) is 0.835. The highest BCUT2D eigenvalue weighted by Crippen LogP contribution is 2.23. The van der Waals surface area contributed by atoms with Crippen molar-refractivity contribution in [3.05, 3.63) is 71.8 Å². The second kappa shape index (κ2) is 15.4. The molecule has 4 amide bonds. The normalized spacial score (nSPS) is 17.8. The molecule has 218 valence electrons. The van der Waals surface area contributed by atoms with Crippen molar-refractivity contribution < 1.29 is 19.1 Å². The van der Waals surface area contributed by atoms with E-state index < -0.39 is 29.6 Å². The number of carbonyl (C=O) groups excluding carboxylic acids is 3. The Hall–Kier alpha value is -4.43. The van der Waals surface area contributed by atoms with Gasteiger partial charge in [0.1, 0.15) is 18.2 Å². The number of hydrogen-bond donors (Lipinski definition) is 4. The number of rotatable bonds is 10. The van der Waals surface area contributed by atoms with Crippen molar-refractivity contribution in [3.63, 3.8) is 0 Å². The molecular weight excluding hydrogens is 522 g/mol. The Balaban J connectivity index is 1.74. The van der Waals surface area contributed by atoms with Crippen molar-refractivity contribution in [2.75, 3.05) is 19.6 Å². The van der Waals surface area contributed by atoms with Gasteiger partial charge in [-0.25, -0.2) is 14.6 Å². The second-order valence-electron chi connectivity index (χ2n) is 10.4. The van der Waals surface area contributed by atoms with E-state index in [0.717, 1.165) is 11.1 Å². The lowest BCUT2D eigenvalue weighted by atomic mass is 9.98. The van der Waals surface area contributed by atoms with Crippen LogP contribution in [-0.4, -0.2) is 60.1 Å². The molecule has 1 aliphatic heterocycles. The number of nitriles is 1. The molecule has 2 aromatic carbocycles. The van der Waals surface area contributed by atoms with E-state index in [1.165, 1.54) is 0 Å². The summed E-state index contributed by atoms with van der Waals surface area (Å²) in [4.78, 5) is 45.0. The molecule has 11 heteroatoms. The number of urea groups is 1. The van der Waals surface area contributed by atoms with Crippen LogP contribution < -0.4 is 21.3 Å². The van der Waals surface area contributed by atoms with Crippen molar-refractivity contribution in [2.24, 2.45) is 10.9 Å². The molecule has 2 atom stereocenters. The van der Waals surface area contributed by atoms with Gasteiger partial charge >= 0.3 is 12.1 Å². The van der Waals surface area contributed by atoms with E-state index in [9.17, 15) is 19.6 Å². The average Bonchev–Trinajstić information content (AvgIpc) is 3.35. The number of carbonyl (C=O) groups is 3. The Morgan fingerprint density at radius 1 is 1.05 bits per heavy atom. The van der Waals surface area contributed by atoms with Crippen LogP contribution in [0, 0.1) is 17.2 Å². The van der Waals surface area contributed by atoms with E-state index in [1.807, 2.05) is 74.5 Å². The molecule has 0 spiro atoms. The number of hydrogen-bond acceptors (Lipinski definition) is 7. The van der Waals surface area contributed by atoms with Gasteiger partial charge in [-0.15, -0.1) is 0 Å². The fraction of sp³-hybridized carbons (Fsp3) is 0.433. The fourth-order valence-corrected chi connectivity index (χ4v) is 4.49. The van der Waals surface area contributed by atoms with Gasteiger partial charge in [-0.05, 0) is 36.8 Å². The zero-order valence-corrected chi connectivity index (χ0v) is 23.9. The highest BCUT2D eigenvalue weighted by Gasteiger charge is 2.41. The van der Waals surface area contributed by atoms with Crippen LogP contribution in [0.4, 0.5) is 9.59 Å². The Morgan fingerprint density at radius 3 is 2.32 bits per heavy atom. The number of guanidine groups is 1. The van der Waals surface area contributed by atoms with Gasteiger partial charge in [0.2, 0.25) is 11.9 Å². The number of nitrogens with one attached hydrogen (secondary N) is 4. The summed E-state index contributed by atoms with van der Waals surface area (Å²) >= 11 is 0. The molecule has 0 aromatic heterocycles. The summed E-state index contributed by atoms with van der Waals surface area (Å²) in [5, 5.41) is 20.5. The largest absolute Gasteiger partial charge is 0.444 e. The van der Waals surface area contributed by atoms with Gasteiger partial charge in [0.25, 0.3) is 0 Å². The number of aliphatic imine (C=N–C) groups is 1. The lowest BCUT2D eigenvalue weighted by molar-refractivity contribution is -0.123. The van der Waals surface area contributed by atoms with Gasteiger partial charge < -0.3 is 15.4 Å². The Labute approximate surface area is 241 Å². The Kier molecular flexibility index (Phi) is 11.7. The highest BCUT2D eigenvalue weighted by atomic mass is 16.5. The third kappa shape index (κ3) is 10.2. The first-order chi connectivity index (χ1) is 19.7. The van der Waals surface area contributed by atoms with E-state index in [0.29, 0.717) is 39.0 Å². The van der Waals surface area contributed by atoms with E-state index >= 15 is 0 Å². The van der Waals surface area contributed by atoms with Crippen LogP contribution in [-0.2, 0) is 22.7 Å². The summed E-state index contributed by atoms with van der Waals surface area (Å²) < 4.78 is 5.27. The number of amides is 4. The molecular formula is C30H39N7O4. The molecule has 2 unspecified atom stereocenters. The second-order valence-corrected chi connectivity index (χ2v) is 10.4. The van der Waals surface area contributed by atoms with Gasteiger partial charge in [0, 0.05) is 26.2 Å². The van der Waals surface area contributed by atoms with E-state index in [-0.39, 0.29) is 18.5 Å². The Morgan fingerprint density at radius 2 is 1.71 bits per heavy atom. The van der Waals surface area contributed by atoms with Crippen molar-refractivity contribution in [2.45, 2.75) is 58.3 Å². The summed E-state index contributed by atoms with van der Waals surface area (Å²) in [6.45, 7) is 7.67. The molecule has 4 N–H and O–H groups in total. The Bertz CT molecular complexity index is 1230. The number of likely N-dealkylation sites (tertiary alicyclic amines) is 1. The molecule has 1 saturated heterocycles. The van der Waals surface area contributed by atoms with Gasteiger partial charge in [-0.2, -0.15) is 5.26 Å². The monoisotopic (exact) mass is 561 g/mol. The summed E-state index contributed by atoms with van der Waals surface area (Å²) in [5.74, 6) is -0.629. The number of alkyl carbamates (subject to hydrolysis) is 1. The van der Waals surface area contributed by atoms with Crippen LogP contribution in [0.3, 0.4) is 0 Å². The molecule has 3 rings (SSSR count). The lowest BCUT2D eigenvalue weighted by Gasteiger charge is -2.26. The molecule has 1 fully saturated rings. The maximum atomic E-state index is 13.5. The predicted molar refractivity (Wildman–Crippen MR) is 155 cm³/mol. The van der Waals surface area contributed by atoms with Gasteiger partial charge in [0.05, 0.1) is 6.07 Å². The van der Waals surface area contributed by atoms with Crippen LogP contribution in [0.2, 0.25) is 0 Å². The first kappa shape index (κ1) is 31.1. The fourth-order valence-electron chi connectivity index (χ4n) is 4.49. The third-order valence-electron chi connectivity index (χ3n) is 6.46. The number of ether oxygens (including phenoxy) is 1. The molecule has 0 radical (unpaired) electrons. The zero-order chi connectivity index (χ0) is 29.7.